The maximum absolute atomic E-state index is 13.0. The molecule has 0 spiro atoms. The molecule has 0 atom stereocenters. The molecule has 2 rings (SSSR count). The van der Waals surface area contributed by atoms with Crippen molar-refractivity contribution < 1.29 is 8.91 Å². The van der Waals surface area contributed by atoms with E-state index in [0.717, 1.165) is 6.54 Å². The zero-order chi connectivity index (χ0) is 13.8. The van der Waals surface area contributed by atoms with Gasteiger partial charge in [-0.05, 0) is 18.2 Å². The van der Waals surface area contributed by atoms with E-state index < -0.39 is 5.82 Å². The lowest BCUT2D eigenvalue weighted by molar-refractivity contribution is 0.374. The van der Waals surface area contributed by atoms with Crippen LogP contribution in [-0.2, 0) is 6.42 Å². The minimum atomic E-state index is -0.390. The zero-order valence-corrected chi connectivity index (χ0v) is 11.5. The number of benzene rings is 1. The third-order valence-electron chi connectivity index (χ3n) is 2.53. The molecule has 0 aliphatic heterocycles. The van der Waals surface area contributed by atoms with Gasteiger partial charge >= 0.3 is 0 Å². The van der Waals surface area contributed by atoms with Crippen LogP contribution in [0.1, 0.15) is 19.7 Å². The van der Waals surface area contributed by atoms with E-state index in [1.165, 1.54) is 12.1 Å². The molecule has 0 saturated heterocycles. The molecule has 1 N–H and O–H groups in total. The van der Waals surface area contributed by atoms with Gasteiger partial charge in [0.1, 0.15) is 5.82 Å². The standard InChI is InChI=1S/C13H15ClFN3O/c1-8(2)16-6-5-12-17-13(18-19-12)10-4-3-9(15)7-11(10)14/h3-4,7-8,16H,5-6H2,1-2H3. The van der Waals surface area contributed by atoms with Gasteiger partial charge in [0.25, 0.3) is 0 Å². The SMILES string of the molecule is CC(C)NCCc1nc(-c2ccc(F)cc2Cl)no1. The van der Waals surface area contributed by atoms with E-state index in [1.54, 1.807) is 6.07 Å². The van der Waals surface area contributed by atoms with Gasteiger partial charge in [-0.2, -0.15) is 4.98 Å². The molecular weight excluding hydrogens is 269 g/mol. The summed E-state index contributed by atoms with van der Waals surface area (Å²) in [5.74, 6) is 0.520. The summed E-state index contributed by atoms with van der Waals surface area (Å²) in [6, 6.07) is 4.50. The highest BCUT2D eigenvalue weighted by Crippen LogP contribution is 2.26. The Morgan fingerprint density at radius 3 is 2.89 bits per heavy atom. The molecule has 0 fully saturated rings. The second-order valence-corrected chi connectivity index (χ2v) is 4.90. The van der Waals surface area contributed by atoms with Crippen LogP contribution in [0.4, 0.5) is 4.39 Å². The van der Waals surface area contributed by atoms with Crippen molar-refractivity contribution in [1.29, 1.82) is 0 Å². The Bertz CT molecular complexity index is 557. The molecule has 6 heteroatoms. The summed E-state index contributed by atoms with van der Waals surface area (Å²) in [7, 11) is 0. The molecule has 1 aromatic heterocycles. The number of aromatic nitrogens is 2. The number of hydrogen-bond donors (Lipinski definition) is 1. The number of rotatable bonds is 5. The second-order valence-electron chi connectivity index (χ2n) is 4.49. The normalized spacial score (nSPS) is 11.2. The monoisotopic (exact) mass is 283 g/mol. The van der Waals surface area contributed by atoms with Gasteiger partial charge in [0.05, 0.1) is 5.02 Å². The first-order valence-corrected chi connectivity index (χ1v) is 6.45. The van der Waals surface area contributed by atoms with Crippen molar-refractivity contribution >= 4 is 11.6 Å². The molecule has 4 nitrogen and oxygen atoms in total. The van der Waals surface area contributed by atoms with E-state index in [-0.39, 0.29) is 5.02 Å². The number of hydrogen-bond acceptors (Lipinski definition) is 4. The van der Waals surface area contributed by atoms with E-state index in [9.17, 15) is 4.39 Å². The Morgan fingerprint density at radius 2 is 2.21 bits per heavy atom. The molecule has 1 heterocycles. The topological polar surface area (TPSA) is 51.0 Å². The Labute approximate surface area is 116 Å². The molecule has 0 radical (unpaired) electrons. The van der Waals surface area contributed by atoms with Gasteiger partial charge in [-0.25, -0.2) is 4.39 Å². The molecule has 0 amide bonds. The first kappa shape index (κ1) is 14.0. The molecular formula is C13H15ClFN3O. The molecule has 0 unspecified atom stereocenters. The largest absolute Gasteiger partial charge is 0.339 e. The van der Waals surface area contributed by atoms with Gasteiger partial charge in [-0.3, -0.25) is 0 Å². The van der Waals surface area contributed by atoms with Crippen molar-refractivity contribution in [3.63, 3.8) is 0 Å². The van der Waals surface area contributed by atoms with Crippen molar-refractivity contribution in [1.82, 2.24) is 15.5 Å². The van der Waals surface area contributed by atoms with E-state index in [2.05, 4.69) is 29.3 Å². The van der Waals surface area contributed by atoms with Gasteiger partial charge in [0, 0.05) is 24.6 Å². The van der Waals surface area contributed by atoms with Gasteiger partial charge < -0.3 is 9.84 Å². The predicted octanol–water partition coefficient (Wildman–Crippen LogP) is 3.07. The van der Waals surface area contributed by atoms with E-state index >= 15 is 0 Å². The Morgan fingerprint density at radius 1 is 1.42 bits per heavy atom. The van der Waals surface area contributed by atoms with Crippen LogP contribution in [0, 0.1) is 5.82 Å². The highest BCUT2D eigenvalue weighted by atomic mass is 35.5. The van der Waals surface area contributed by atoms with E-state index in [1.807, 2.05) is 0 Å². The van der Waals surface area contributed by atoms with E-state index in [4.69, 9.17) is 16.1 Å². The lowest BCUT2D eigenvalue weighted by atomic mass is 10.2. The minimum Gasteiger partial charge on any atom is -0.339 e. The van der Waals surface area contributed by atoms with Crippen molar-refractivity contribution in [2.24, 2.45) is 0 Å². The van der Waals surface area contributed by atoms with Crippen LogP contribution in [0.3, 0.4) is 0 Å². The third kappa shape index (κ3) is 3.75. The van der Waals surface area contributed by atoms with E-state index in [0.29, 0.717) is 29.7 Å². The summed E-state index contributed by atoms with van der Waals surface area (Å²) >= 11 is 5.95. The van der Waals surface area contributed by atoms with Gasteiger partial charge in [0.2, 0.25) is 11.7 Å². The first-order valence-electron chi connectivity index (χ1n) is 6.07. The Kier molecular flexibility index (Phi) is 4.50. The van der Waals surface area contributed by atoms with Crippen molar-refractivity contribution in [2.75, 3.05) is 6.54 Å². The van der Waals surface area contributed by atoms with Gasteiger partial charge in [-0.1, -0.05) is 30.6 Å². The lowest BCUT2D eigenvalue weighted by Gasteiger charge is -2.04. The molecule has 0 bridgehead atoms. The number of nitrogens with zero attached hydrogens (tertiary/aromatic N) is 2. The number of halogens is 2. The molecule has 0 saturated carbocycles. The maximum atomic E-state index is 13.0. The molecule has 102 valence electrons. The highest BCUT2D eigenvalue weighted by molar-refractivity contribution is 6.33. The second kappa shape index (κ2) is 6.12. The molecule has 0 aliphatic rings. The fraction of sp³-hybridized carbons (Fsp3) is 0.385. The Hall–Kier alpha value is -1.46. The fourth-order valence-electron chi connectivity index (χ4n) is 1.60. The van der Waals surface area contributed by atoms with Crippen LogP contribution >= 0.6 is 11.6 Å². The van der Waals surface area contributed by atoms with Gasteiger partial charge in [-0.15, -0.1) is 0 Å². The van der Waals surface area contributed by atoms with Crippen molar-refractivity contribution in [3.8, 4) is 11.4 Å². The van der Waals surface area contributed by atoms with Crippen LogP contribution in [0.5, 0.6) is 0 Å². The summed E-state index contributed by atoms with van der Waals surface area (Å²) in [6.45, 7) is 4.89. The summed E-state index contributed by atoms with van der Waals surface area (Å²) in [5.41, 5.74) is 0.565. The average Bonchev–Trinajstić information content (AvgIpc) is 2.77. The Balaban J connectivity index is 2.08. The molecule has 1 aromatic carbocycles. The lowest BCUT2D eigenvalue weighted by Crippen LogP contribution is -2.25. The molecule has 2 aromatic rings. The van der Waals surface area contributed by atoms with Crippen LogP contribution in [0.2, 0.25) is 5.02 Å². The summed E-state index contributed by atoms with van der Waals surface area (Å²) in [4.78, 5) is 4.24. The number of nitrogens with one attached hydrogen (secondary N) is 1. The van der Waals surface area contributed by atoms with Crippen molar-refractivity contribution in [3.05, 3.63) is 34.9 Å². The minimum absolute atomic E-state index is 0.271. The highest BCUT2D eigenvalue weighted by Gasteiger charge is 2.12. The van der Waals surface area contributed by atoms with Crippen molar-refractivity contribution in [2.45, 2.75) is 26.3 Å². The predicted molar refractivity (Wildman–Crippen MR) is 71.5 cm³/mol. The summed E-state index contributed by atoms with van der Waals surface area (Å²) < 4.78 is 18.1. The van der Waals surface area contributed by atoms with Crippen LogP contribution in [0.15, 0.2) is 22.7 Å². The fourth-order valence-corrected chi connectivity index (χ4v) is 1.86. The smallest absolute Gasteiger partial charge is 0.228 e. The van der Waals surface area contributed by atoms with Gasteiger partial charge in [0.15, 0.2) is 0 Å². The molecule has 19 heavy (non-hydrogen) atoms. The molecule has 0 aliphatic carbocycles. The third-order valence-corrected chi connectivity index (χ3v) is 2.84. The average molecular weight is 284 g/mol. The van der Waals surface area contributed by atoms with Crippen LogP contribution < -0.4 is 5.32 Å². The summed E-state index contributed by atoms with van der Waals surface area (Å²) in [6.07, 6.45) is 0.643. The first-order chi connectivity index (χ1) is 9.06. The summed E-state index contributed by atoms with van der Waals surface area (Å²) in [5, 5.41) is 7.38. The quantitative estimate of drug-likeness (QED) is 0.916. The zero-order valence-electron chi connectivity index (χ0n) is 10.8. The van der Waals surface area contributed by atoms with Crippen LogP contribution in [-0.4, -0.2) is 22.7 Å². The maximum Gasteiger partial charge on any atom is 0.228 e. The van der Waals surface area contributed by atoms with Crippen LogP contribution in [0.25, 0.3) is 11.4 Å².